The van der Waals surface area contributed by atoms with Crippen molar-refractivity contribution in [1.29, 1.82) is 0 Å². The van der Waals surface area contributed by atoms with E-state index >= 15 is 0 Å². The number of benzene rings is 2. The molecule has 2 aromatic rings. The summed E-state index contributed by atoms with van der Waals surface area (Å²) < 4.78 is 0. The van der Waals surface area contributed by atoms with Gasteiger partial charge in [-0.2, -0.15) is 0 Å². The van der Waals surface area contributed by atoms with Crippen molar-refractivity contribution in [2.75, 3.05) is 10.6 Å². The Kier molecular flexibility index (Phi) is 7.70. The van der Waals surface area contributed by atoms with E-state index in [9.17, 15) is 9.59 Å². The van der Waals surface area contributed by atoms with Crippen LogP contribution in [-0.2, 0) is 4.79 Å². The largest absolute Gasteiger partial charge is 0.332 e. The van der Waals surface area contributed by atoms with Crippen LogP contribution in [0.3, 0.4) is 0 Å². The zero-order chi connectivity index (χ0) is 20.7. The average molecular weight is 398 g/mol. The molecule has 0 atom stereocenters. The van der Waals surface area contributed by atoms with E-state index in [0.717, 1.165) is 11.4 Å². The minimum Gasteiger partial charge on any atom is -0.332 e. The molecule has 3 N–H and O–H groups in total. The highest BCUT2D eigenvalue weighted by Crippen LogP contribution is 2.16. The molecular formula is C22H27N3O2S. The molecule has 6 heteroatoms. The van der Waals surface area contributed by atoms with E-state index in [0.29, 0.717) is 23.8 Å². The lowest BCUT2D eigenvalue weighted by molar-refractivity contribution is -0.116. The summed E-state index contributed by atoms with van der Waals surface area (Å²) >= 11 is 5.22. The van der Waals surface area contributed by atoms with Crippen LogP contribution in [-0.4, -0.2) is 16.9 Å². The third-order valence-electron chi connectivity index (χ3n) is 4.09. The Morgan fingerprint density at radius 1 is 0.857 bits per heavy atom. The van der Waals surface area contributed by atoms with Gasteiger partial charge in [-0.25, -0.2) is 0 Å². The molecule has 0 fully saturated rings. The fourth-order valence-corrected chi connectivity index (χ4v) is 2.79. The maximum atomic E-state index is 12.3. The van der Waals surface area contributed by atoms with Crippen molar-refractivity contribution in [1.82, 2.24) is 5.32 Å². The molecular weight excluding hydrogens is 370 g/mol. The van der Waals surface area contributed by atoms with Crippen LogP contribution in [0.5, 0.6) is 0 Å². The van der Waals surface area contributed by atoms with Gasteiger partial charge in [0.1, 0.15) is 0 Å². The minimum atomic E-state index is -0.259. The first-order chi connectivity index (χ1) is 13.2. The summed E-state index contributed by atoms with van der Waals surface area (Å²) in [7, 11) is 0. The summed E-state index contributed by atoms with van der Waals surface area (Å²) in [6, 6.07) is 14.6. The topological polar surface area (TPSA) is 70.2 Å². The Hall–Kier alpha value is -2.73. The van der Waals surface area contributed by atoms with Crippen molar-refractivity contribution in [2.45, 2.75) is 40.0 Å². The van der Waals surface area contributed by atoms with Crippen molar-refractivity contribution in [3.05, 3.63) is 59.7 Å². The molecule has 0 aromatic heterocycles. The number of nitrogens with one attached hydrogen (secondary N) is 3. The second-order valence-electron chi connectivity index (χ2n) is 7.41. The number of hydrogen-bond donors (Lipinski definition) is 3. The molecule has 0 saturated heterocycles. The molecule has 0 saturated carbocycles. The zero-order valence-electron chi connectivity index (χ0n) is 16.7. The molecule has 2 aromatic carbocycles. The molecule has 0 unspecified atom stereocenters. The third kappa shape index (κ3) is 6.78. The fraction of sp³-hybridized carbons (Fsp3) is 0.318. The Labute approximate surface area is 171 Å². The van der Waals surface area contributed by atoms with Crippen LogP contribution < -0.4 is 16.0 Å². The molecule has 0 spiro atoms. The first-order valence-corrected chi connectivity index (χ1v) is 9.77. The van der Waals surface area contributed by atoms with E-state index in [4.69, 9.17) is 12.2 Å². The highest BCUT2D eigenvalue weighted by Gasteiger charge is 2.09. The van der Waals surface area contributed by atoms with Gasteiger partial charge in [-0.05, 0) is 66.0 Å². The molecule has 2 rings (SSSR count). The highest BCUT2D eigenvalue weighted by molar-refractivity contribution is 7.80. The van der Waals surface area contributed by atoms with E-state index in [2.05, 4.69) is 29.8 Å². The molecule has 0 heterocycles. The molecule has 2 amide bonds. The number of anilines is 2. The number of rotatable bonds is 6. The maximum Gasteiger partial charge on any atom is 0.257 e. The van der Waals surface area contributed by atoms with Crippen LogP contribution in [0, 0.1) is 5.92 Å². The molecule has 148 valence electrons. The van der Waals surface area contributed by atoms with Crippen molar-refractivity contribution >= 4 is 40.5 Å². The summed E-state index contributed by atoms with van der Waals surface area (Å²) in [4.78, 5) is 24.1. The first kappa shape index (κ1) is 21.6. The van der Waals surface area contributed by atoms with Crippen LogP contribution in [0.2, 0.25) is 0 Å². The fourth-order valence-electron chi connectivity index (χ4n) is 2.58. The predicted molar refractivity (Wildman–Crippen MR) is 119 cm³/mol. The summed E-state index contributed by atoms with van der Waals surface area (Å²) in [6.45, 7) is 8.21. The summed E-state index contributed by atoms with van der Waals surface area (Å²) in [5.41, 5.74) is 3.17. The summed E-state index contributed by atoms with van der Waals surface area (Å²) in [5.74, 6) is 0.453. The van der Waals surface area contributed by atoms with Gasteiger partial charge >= 0.3 is 0 Å². The minimum absolute atomic E-state index is 0.0121. The molecule has 5 nitrogen and oxygen atoms in total. The number of carbonyl (C=O) groups excluding carboxylic acids is 2. The van der Waals surface area contributed by atoms with Crippen molar-refractivity contribution in [3.63, 3.8) is 0 Å². The number of carbonyl (C=O) groups is 2. The van der Waals surface area contributed by atoms with Crippen LogP contribution >= 0.6 is 12.2 Å². The van der Waals surface area contributed by atoms with Gasteiger partial charge in [0.25, 0.3) is 5.91 Å². The smallest absolute Gasteiger partial charge is 0.257 e. The van der Waals surface area contributed by atoms with Gasteiger partial charge < -0.3 is 10.6 Å². The monoisotopic (exact) mass is 397 g/mol. The summed E-state index contributed by atoms with van der Waals surface area (Å²) in [5, 5.41) is 8.71. The Morgan fingerprint density at radius 2 is 1.39 bits per heavy atom. The molecule has 0 radical (unpaired) electrons. The van der Waals surface area contributed by atoms with Gasteiger partial charge in [0.15, 0.2) is 5.11 Å². The van der Waals surface area contributed by atoms with Crippen LogP contribution in [0.1, 0.15) is 56.0 Å². The van der Waals surface area contributed by atoms with Crippen molar-refractivity contribution in [2.24, 2.45) is 5.92 Å². The van der Waals surface area contributed by atoms with Gasteiger partial charge in [-0.3, -0.25) is 14.9 Å². The summed E-state index contributed by atoms with van der Waals surface area (Å²) in [6.07, 6.45) is 0.480. The number of hydrogen-bond acceptors (Lipinski definition) is 3. The van der Waals surface area contributed by atoms with E-state index < -0.39 is 0 Å². The normalized spacial score (nSPS) is 10.6. The quantitative estimate of drug-likeness (QED) is 0.605. The third-order valence-corrected chi connectivity index (χ3v) is 4.29. The SMILES string of the molecule is CC(C)CC(=O)Nc1ccc(NC(=S)NC(=O)c2ccc(C(C)C)cc2)cc1. The van der Waals surface area contributed by atoms with Gasteiger partial charge in [0.05, 0.1) is 0 Å². The van der Waals surface area contributed by atoms with E-state index in [-0.39, 0.29) is 16.9 Å². The van der Waals surface area contributed by atoms with E-state index in [1.165, 1.54) is 5.56 Å². The van der Waals surface area contributed by atoms with Crippen LogP contribution in [0.25, 0.3) is 0 Å². The first-order valence-electron chi connectivity index (χ1n) is 9.36. The lowest BCUT2D eigenvalue weighted by Crippen LogP contribution is -2.34. The second-order valence-corrected chi connectivity index (χ2v) is 7.82. The molecule has 0 aliphatic heterocycles. The van der Waals surface area contributed by atoms with Gasteiger partial charge in [0.2, 0.25) is 5.91 Å². The number of thiocarbonyl (C=S) groups is 1. The second kappa shape index (κ2) is 9.99. The van der Waals surface area contributed by atoms with Crippen molar-refractivity contribution in [3.8, 4) is 0 Å². The molecule has 0 aliphatic rings. The highest BCUT2D eigenvalue weighted by atomic mass is 32.1. The standard InChI is InChI=1S/C22H27N3O2S/c1-14(2)13-20(26)23-18-9-11-19(12-10-18)24-22(28)25-21(27)17-7-5-16(6-8-17)15(3)4/h5-12,14-15H,13H2,1-4H3,(H,23,26)(H2,24,25,27,28). The number of amides is 2. The Balaban J connectivity index is 1.88. The van der Waals surface area contributed by atoms with Gasteiger partial charge in [-0.1, -0.05) is 39.8 Å². The zero-order valence-corrected chi connectivity index (χ0v) is 17.5. The maximum absolute atomic E-state index is 12.3. The van der Waals surface area contributed by atoms with E-state index in [1.54, 1.807) is 36.4 Å². The van der Waals surface area contributed by atoms with Crippen LogP contribution in [0.4, 0.5) is 11.4 Å². The molecule has 0 bridgehead atoms. The van der Waals surface area contributed by atoms with Gasteiger partial charge in [0, 0.05) is 23.4 Å². The average Bonchev–Trinajstić information content (AvgIpc) is 2.62. The van der Waals surface area contributed by atoms with E-state index in [1.807, 2.05) is 26.0 Å². The predicted octanol–water partition coefficient (Wildman–Crippen LogP) is 4.92. The van der Waals surface area contributed by atoms with Crippen LogP contribution in [0.15, 0.2) is 48.5 Å². The van der Waals surface area contributed by atoms with Crippen molar-refractivity contribution < 1.29 is 9.59 Å². The Morgan fingerprint density at radius 3 is 1.89 bits per heavy atom. The lowest BCUT2D eigenvalue weighted by Gasteiger charge is -2.12. The molecule has 0 aliphatic carbocycles. The Bertz CT molecular complexity index is 828. The molecule has 28 heavy (non-hydrogen) atoms. The lowest BCUT2D eigenvalue weighted by atomic mass is 10.0. The van der Waals surface area contributed by atoms with Gasteiger partial charge in [-0.15, -0.1) is 0 Å².